The van der Waals surface area contributed by atoms with Gasteiger partial charge in [-0.2, -0.15) is 0 Å². The van der Waals surface area contributed by atoms with Gasteiger partial charge in [0.2, 0.25) is 0 Å². The van der Waals surface area contributed by atoms with E-state index in [9.17, 15) is 9.90 Å². The Hall–Kier alpha value is -1.91. The first-order valence-corrected chi connectivity index (χ1v) is 8.62. The van der Waals surface area contributed by atoms with Crippen molar-refractivity contribution >= 4 is 23.3 Å². The third kappa shape index (κ3) is 2.84. The molecule has 2 aromatic rings. The Bertz CT molecular complexity index is 748. The van der Waals surface area contributed by atoms with Gasteiger partial charge in [-0.1, -0.05) is 30.3 Å². The van der Waals surface area contributed by atoms with Crippen molar-refractivity contribution in [1.29, 1.82) is 0 Å². The van der Waals surface area contributed by atoms with E-state index in [0.717, 1.165) is 10.4 Å². The van der Waals surface area contributed by atoms with Crippen LogP contribution in [0.1, 0.15) is 35.6 Å². The van der Waals surface area contributed by atoms with Gasteiger partial charge in [0.15, 0.2) is 5.72 Å². The smallest absolute Gasteiger partial charge is 0.252 e. The average molecular weight is 327 g/mol. The second-order valence-corrected chi connectivity index (χ2v) is 7.57. The van der Waals surface area contributed by atoms with E-state index >= 15 is 0 Å². The van der Waals surface area contributed by atoms with Crippen molar-refractivity contribution in [2.75, 3.05) is 0 Å². The molecule has 4 heteroatoms. The number of nitrogens with zero attached hydrogens (tertiary/aromatic N) is 1. The SMILES string of the molecule is Cc1ccc(/C=C2\CC(O)(c3ccccc3)N(C(C)C)C2=O)s1. The molecule has 0 aliphatic carbocycles. The standard InChI is InChI=1S/C19H21NO2S/c1-13(2)20-18(21)15(11-17-10-9-14(3)23-17)12-19(20,22)16-7-5-4-6-8-16/h4-11,13,22H,12H2,1-3H3/b15-11+. The Balaban J connectivity index is 2.04. The molecular formula is C19H21NO2S. The predicted molar refractivity (Wildman–Crippen MR) is 94.0 cm³/mol. The Kier molecular flexibility index (Phi) is 4.13. The van der Waals surface area contributed by atoms with Crippen molar-refractivity contribution in [1.82, 2.24) is 4.90 Å². The van der Waals surface area contributed by atoms with Crippen LogP contribution in [0.4, 0.5) is 0 Å². The molecule has 1 fully saturated rings. The molecule has 1 unspecified atom stereocenters. The van der Waals surface area contributed by atoms with E-state index in [4.69, 9.17) is 0 Å². The van der Waals surface area contributed by atoms with Crippen LogP contribution in [-0.2, 0) is 10.5 Å². The first kappa shape index (κ1) is 16.0. The fraction of sp³-hybridized carbons (Fsp3) is 0.316. The number of carbonyl (C=O) groups excluding carboxylic acids is 1. The second kappa shape index (κ2) is 5.95. The van der Waals surface area contributed by atoms with E-state index in [2.05, 4.69) is 0 Å². The third-order valence-electron chi connectivity index (χ3n) is 4.16. The van der Waals surface area contributed by atoms with Crippen molar-refractivity contribution in [2.24, 2.45) is 0 Å². The minimum absolute atomic E-state index is 0.0799. The maximum absolute atomic E-state index is 12.8. The monoisotopic (exact) mass is 327 g/mol. The number of hydrogen-bond donors (Lipinski definition) is 1. The summed E-state index contributed by atoms with van der Waals surface area (Å²) < 4.78 is 0. The van der Waals surface area contributed by atoms with E-state index in [-0.39, 0.29) is 11.9 Å². The number of likely N-dealkylation sites (tertiary alicyclic amines) is 1. The third-order valence-corrected chi connectivity index (χ3v) is 5.11. The highest BCUT2D eigenvalue weighted by molar-refractivity contribution is 7.12. The summed E-state index contributed by atoms with van der Waals surface area (Å²) in [4.78, 5) is 16.7. The number of thiophene rings is 1. The van der Waals surface area contributed by atoms with Crippen LogP contribution in [-0.4, -0.2) is 22.0 Å². The number of aliphatic hydroxyl groups is 1. The van der Waals surface area contributed by atoms with E-state index in [1.54, 1.807) is 16.2 Å². The van der Waals surface area contributed by atoms with Gasteiger partial charge in [0, 0.05) is 33.4 Å². The van der Waals surface area contributed by atoms with Gasteiger partial charge in [0.05, 0.1) is 0 Å². The minimum atomic E-state index is -1.27. The van der Waals surface area contributed by atoms with Gasteiger partial charge in [0.25, 0.3) is 5.91 Å². The molecule has 120 valence electrons. The summed E-state index contributed by atoms with van der Waals surface area (Å²) in [6, 6.07) is 13.4. The number of carbonyl (C=O) groups is 1. The first-order chi connectivity index (χ1) is 10.9. The Morgan fingerprint density at radius 3 is 2.48 bits per heavy atom. The quantitative estimate of drug-likeness (QED) is 0.868. The zero-order valence-corrected chi connectivity index (χ0v) is 14.4. The molecule has 1 saturated heterocycles. The summed E-state index contributed by atoms with van der Waals surface area (Å²) in [7, 11) is 0. The molecule has 1 amide bonds. The van der Waals surface area contributed by atoms with E-state index in [0.29, 0.717) is 12.0 Å². The predicted octanol–water partition coefficient (Wildman–Crippen LogP) is 3.93. The van der Waals surface area contributed by atoms with Crippen molar-refractivity contribution < 1.29 is 9.90 Å². The number of aryl methyl sites for hydroxylation is 1. The maximum Gasteiger partial charge on any atom is 0.252 e. The van der Waals surface area contributed by atoms with Gasteiger partial charge < -0.3 is 10.0 Å². The molecule has 0 radical (unpaired) electrons. The summed E-state index contributed by atoms with van der Waals surface area (Å²) >= 11 is 1.65. The van der Waals surface area contributed by atoms with Crippen LogP contribution >= 0.6 is 11.3 Å². The lowest BCUT2D eigenvalue weighted by atomic mass is 9.97. The Morgan fingerprint density at radius 1 is 1.22 bits per heavy atom. The van der Waals surface area contributed by atoms with Crippen LogP contribution in [0.3, 0.4) is 0 Å². The minimum Gasteiger partial charge on any atom is -0.366 e. The lowest BCUT2D eigenvalue weighted by molar-refractivity contribution is -0.151. The highest BCUT2D eigenvalue weighted by atomic mass is 32.1. The summed E-state index contributed by atoms with van der Waals surface area (Å²) in [5.41, 5.74) is 0.143. The van der Waals surface area contributed by atoms with Crippen LogP contribution in [0.2, 0.25) is 0 Å². The molecule has 2 heterocycles. The van der Waals surface area contributed by atoms with Gasteiger partial charge in [0.1, 0.15) is 0 Å². The van der Waals surface area contributed by atoms with Crippen molar-refractivity contribution in [3.05, 3.63) is 63.4 Å². The van der Waals surface area contributed by atoms with Gasteiger partial charge in [-0.25, -0.2) is 0 Å². The zero-order valence-electron chi connectivity index (χ0n) is 13.6. The topological polar surface area (TPSA) is 40.5 Å². The highest BCUT2D eigenvalue weighted by Crippen LogP contribution is 2.42. The maximum atomic E-state index is 12.8. The summed E-state index contributed by atoms with van der Waals surface area (Å²) in [6.07, 6.45) is 2.22. The molecule has 1 aliphatic heterocycles. The Morgan fingerprint density at radius 2 is 1.91 bits per heavy atom. The molecule has 1 aromatic carbocycles. The molecular weight excluding hydrogens is 306 g/mol. The molecule has 3 nitrogen and oxygen atoms in total. The largest absolute Gasteiger partial charge is 0.366 e. The number of benzene rings is 1. The molecule has 1 N–H and O–H groups in total. The van der Waals surface area contributed by atoms with Gasteiger partial charge in [-0.3, -0.25) is 4.79 Å². The van der Waals surface area contributed by atoms with Crippen LogP contribution < -0.4 is 0 Å². The summed E-state index contributed by atoms with van der Waals surface area (Å²) in [5, 5.41) is 11.3. The van der Waals surface area contributed by atoms with Crippen LogP contribution in [0.5, 0.6) is 0 Å². The van der Waals surface area contributed by atoms with Crippen LogP contribution in [0.15, 0.2) is 48.0 Å². The Labute approximate surface area is 140 Å². The average Bonchev–Trinajstić information content (AvgIpc) is 3.02. The van der Waals surface area contributed by atoms with Crippen LogP contribution in [0.25, 0.3) is 6.08 Å². The highest BCUT2D eigenvalue weighted by Gasteiger charge is 2.49. The molecule has 1 atom stereocenters. The fourth-order valence-corrected chi connectivity index (χ4v) is 4.02. The molecule has 1 aromatic heterocycles. The van der Waals surface area contributed by atoms with Gasteiger partial charge >= 0.3 is 0 Å². The number of hydrogen-bond acceptors (Lipinski definition) is 3. The van der Waals surface area contributed by atoms with E-state index < -0.39 is 5.72 Å². The lowest BCUT2D eigenvalue weighted by Crippen LogP contribution is -2.47. The lowest BCUT2D eigenvalue weighted by Gasteiger charge is -2.36. The second-order valence-electron chi connectivity index (χ2n) is 6.25. The van der Waals surface area contributed by atoms with E-state index in [1.807, 2.05) is 69.3 Å². The fourth-order valence-electron chi connectivity index (χ4n) is 3.17. The molecule has 0 saturated carbocycles. The number of amides is 1. The van der Waals surface area contributed by atoms with Crippen molar-refractivity contribution in [3.63, 3.8) is 0 Å². The zero-order chi connectivity index (χ0) is 16.6. The molecule has 1 aliphatic rings. The summed E-state index contributed by atoms with van der Waals surface area (Å²) in [6.45, 7) is 5.91. The van der Waals surface area contributed by atoms with E-state index in [1.165, 1.54) is 4.88 Å². The van der Waals surface area contributed by atoms with Gasteiger partial charge in [-0.15, -0.1) is 11.3 Å². The van der Waals surface area contributed by atoms with Gasteiger partial charge in [-0.05, 0) is 39.0 Å². The molecule has 0 bridgehead atoms. The first-order valence-electron chi connectivity index (χ1n) is 7.80. The van der Waals surface area contributed by atoms with Crippen molar-refractivity contribution in [3.8, 4) is 0 Å². The molecule has 0 spiro atoms. The number of rotatable bonds is 3. The van der Waals surface area contributed by atoms with Crippen molar-refractivity contribution in [2.45, 2.75) is 39.0 Å². The normalized spacial score (nSPS) is 23.3. The molecule has 3 rings (SSSR count). The van der Waals surface area contributed by atoms with Crippen LogP contribution in [0, 0.1) is 6.92 Å². The molecule has 23 heavy (non-hydrogen) atoms. The summed E-state index contributed by atoms with van der Waals surface area (Å²) in [5.74, 6) is -0.0857.